The van der Waals surface area contributed by atoms with Crippen LogP contribution in [-0.4, -0.2) is 6.61 Å². The Kier molecular flexibility index (Phi) is 3.69. The molecule has 0 fully saturated rings. The second-order valence-electron chi connectivity index (χ2n) is 4.40. The lowest BCUT2D eigenvalue weighted by atomic mass is 9.94. The predicted octanol–water partition coefficient (Wildman–Crippen LogP) is 4.15. The van der Waals surface area contributed by atoms with Crippen LogP contribution in [0.2, 0.25) is 0 Å². The monoisotopic (exact) mass is 263 g/mol. The van der Waals surface area contributed by atoms with Crippen LogP contribution in [0.5, 0.6) is 5.75 Å². The minimum atomic E-state index is -2.84. The molecule has 0 radical (unpaired) electrons. The highest BCUT2D eigenvalue weighted by molar-refractivity contribution is 5.77. The quantitative estimate of drug-likeness (QED) is 0.844. The van der Waals surface area contributed by atoms with Gasteiger partial charge in [0.2, 0.25) is 0 Å². The van der Waals surface area contributed by atoms with Gasteiger partial charge in [-0.1, -0.05) is 18.2 Å². The van der Waals surface area contributed by atoms with E-state index in [-0.39, 0.29) is 5.75 Å². The summed E-state index contributed by atoms with van der Waals surface area (Å²) >= 11 is 0. The second-order valence-corrected chi connectivity index (χ2v) is 4.40. The summed E-state index contributed by atoms with van der Waals surface area (Å²) in [6.45, 7) is 0.964. The molecular weight excluding hydrogens is 248 g/mol. The van der Waals surface area contributed by atoms with Crippen LogP contribution in [0.4, 0.5) is 14.5 Å². The first-order valence-corrected chi connectivity index (χ1v) is 5.90. The number of benzene rings is 2. The van der Waals surface area contributed by atoms with Crippen LogP contribution < -0.4 is 10.5 Å². The van der Waals surface area contributed by atoms with Crippen LogP contribution in [0.25, 0.3) is 11.1 Å². The number of nitrogens with two attached hydrogens (primary N) is 1. The molecule has 0 aliphatic carbocycles. The zero-order chi connectivity index (χ0) is 14.0. The van der Waals surface area contributed by atoms with Crippen LogP contribution in [0, 0.1) is 13.8 Å². The van der Waals surface area contributed by atoms with Gasteiger partial charge in [0.1, 0.15) is 5.75 Å². The smallest absolute Gasteiger partial charge is 0.387 e. The van der Waals surface area contributed by atoms with Gasteiger partial charge in [-0.05, 0) is 48.7 Å². The zero-order valence-corrected chi connectivity index (χ0v) is 10.8. The van der Waals surface area contributed by atoms with E-state index in [1.54, 1.807) is 18.2 Å². The fraction of sp³-hybridized carbons (Fsp3) is 0.200. The molecule has 0 atom stereocenters. The summed E-state index contributed by atoms with van der Waals surface area (Å²) in [6.07, 6.45) is 0. The molecule has 0 aliphatic heterocycles. The van der Waals surface area contributed by atoms with Crippen molar-refractivity contribution in [1.82, 2.24) is 0 Å². The van der Waals surface area contributed by atoms with Crippen molar-refractivity contribution >= 4 is 5.69 Å². The van der Waals surface area contributed by atoms with Crippen LogP contribution >= 0.6 is 0 Å². The van der Waals surface area contributed by atoms with E-state index in [0.717, 1.165) is 16.7 Å². The Bertz CT molecular complexity index is 573. The average molecular weight is 263 g/mol. The first-order chi connectivity index (χ1) is 8.99. The van der Waals surface area contributed by atoms with Gasteiger partial charge in [-0.15, -0.1) is 0 Å². The second kappa shape index (κ2) is 5.26. The Morgan fingerprint density at radius 1 is 1.05 bits per heavy atom. The predicted molar refractivity (Wildman–Crippen MR) is 72.4 cm³/mol. The fourth-order valence-electron chi connectivity index (χ4n) is 2.29. The molecule has 2 rings (SSSR count). The van der Waals surface area contributed by atoms with Gasteiger partial charge in [0, 0.05) is 11.3 Å². The van der Waals surface area contributed by atoms with Gasteiger partial charge in [-0.2, -0.15) is 8.78 Å². The van der Waals surface area contributed by atoms with E-state index in [4.69, 9.17) is 5.73 Å². The largest absolute Gasteiger partial charge is 0.434 e. The molecule has 19 heavy (non-hydrogen) atoms. The van der Waals surface area contributed by atoms with Crippen LogP contribution in [0.15, 0.2) is 36.4 Å². The van der Waals surface area contributed by atoms with Gasteiger partial charge in [-0.3, -0.25) is 0 Å². The lowest BCUT2D eigenvalue weighted by Gasteiger charge is -2.15. The van der Waals surface area contributed by atoms with E-state index in [1.807, 2.05) is 26.0 Å². The maximum atomic E-state index is 12.4. The van der Waals surface area contributed by atoms with Gasteiger partial charge in [0.15, 0.2) is 0 Å². The van der Waals surface area contributed by atoms with Gasteiger partial charge in [0.05, 0.1) is 0 Å². The third kappa shape index (κ3) is 2.84. The van der Waals surface area contributed by atoms with Crippen molar-refractivity contribution < 1.29 is 13.5 Å². The molecule has 0 aromatic heterocycles. The summed E-state index contributed by atoms with van der Waals surface area (Å²) in [5.74, 6) is 0.175. The summed E-state index contributed by atoms with van der Waals surface area (Å²) in [5.41, 5.74) is 9.83. The summed E-state index contributed by atoms with van der Waals surface area (Å²) < 4.78 is 29.5. The number of aryl methyl sites for hydroxylation is 2. The molecule has 2 aromatic carbocycles. The molecule has 0 unspecified atom stereocenters. The Labute approximate surface area is 110 Å². The highest BCUT2D eigenvalue weighted by atomic mass is 19.3. The van der Waals surface area contributed by atoms with Crippen molar-refractivity contribution in [3.05, 3.63) is 47.5 Å². The summed E-state index contributed by atoms with van der Waals surface area (Å²) in [4.78, 5) is 0. The fourth-order valence-corrected chi connectivity index (χ4v) is 2.29. The number of nitrogen functional groups attached to an aromatic ring is 1. The van der Waals surface area contributed by atoms with Gasteiger partial charge in [0.25, 0.3) is 0 Å². The first kappa shape index (κ1) is 13.3. The van der Waals surface area contributed by atoms with Crippen molar-refractivity contribution in [2.45, 2.75) is 20.5 Å². The number of hydrogen-bond donors (Lipinski definition) is 1. The van der Waals surface area contributed by atoms with Crippen molar-refractivity contribution in [2.24, 2.45) is 0 Å². The zero-order valence-electron chi connectivity index (χ0n) is 10.8. The molecule has 0 amide bonds. The lowest BCUT2D eigenvalue weighted by Crippen LogP contribution is -2.04. The summed E-state index contributed by atoms with van der Waals surface area (Å²) in [6, 6.07) is 10.4. The highest BCUT2D eigenvalue weighted by Gasteiger charge is 2.14. The van der Waals surface area contributed by atoms with E-state index in [2.05, 4.69) is 4.74 Å². The van der Waals surface area contributed by atoms with Crippen LogP contribution in [0.3, 0.4) is 0 Å². The maximum absolute atomic E-state index is 12.4. The molecule has 0 saturated heterocycles. The molecule has 4 heteroatoms. The molecule has 0 spiro atoms. The molecule has 0 aliphatic rings. The molecule has 2 nitrogen and oxygen atoms in total. The van der Waals surface area contributed by atoms with Crippen LogP contribution in [-0.2, 0) is 0 Å². The van der Waals surface area contributed by atoms with E-state index in [9.17, 15) is 8.78 Å². The molecule has 100 valence electrons. The Morgan fingerprint density at radius 2 is 1.63 bits per heavy atom. The first-order valence-electron chi connectivity index (χ1n) is 5.90. The molecule has 2 N–H and O–H groups in total. The van der Waals surface area contributed by atoms with Crippen LogP contribution in [0.1, 0.15) is 11.1 Å². The average Bonchev–Trinajstić information content (AvgIpc) is 2.29. The van der Waals surface area contributed by atoms with Gasteiger partial charge < -0.3 is 10.5 Å². The summed E-state index contributed by atoms with van der Waals surface area (Å²) in [7, 11) is 0. The van der Waals surface area contributed by atoms with Crippen molar-refractivity contribution in [3.8, 4) is 16.9 Å². The number of alkyl halides is 2. The number of anilines is 1. The minimum Gasteiger partial charge on any atom is -0.434 e. The van der Waals surface area contributed by atoms with Crippen molar-refractivity contribution in [2.75, 3.05) is 5.73 Å². The van der Waals surface area contributed by atoms with Gasteiger partial charge >= 0.3 is 6.61 Å². The molecule has 0 bridgehead atoms. The third-order valence-corrected chi connectivity index (χ3v) is 2.93. The lowest BCUT2D eigenvalue weighted by molar-refractivity contribution is -0.0494. The van der Waals surface area contributed by atoms with Crippen molar-refractivity contribution in [1.29, 1.82) is 0 Å². The Morgan fingerprint density at radius 3 is 2.21 bits per heavy atom. The van der Waals surface area contributed by atoms with Gasteiger partial charge in [-0.25, -0.2) is 0 Å². The standard InChI is InChI=1S/C15H15F2NO/c1-9-7-11(18)8-10(2)14(9)12-5-3-4-6-13(12)19-15(16)17/h3-8,15H,18H2,1-2H3. The molecular formula is C15H15F2NO. The van der Waals surface area contributed by atoms with Crippen molar-refractivity contribution in [3.63, 3.8) is 0 Å². The third-order valence-electron chi connectivity index (χ3n) is 2.93. The maximum Gasteiger partial charge on any atom is 0.387 e. The highest BCUT2D eigenvalue weighted by Crippen LogP contribution is 2.36. The van der Waals surface area contributed by atoms with E-state index in [0.29, 0.717) is 11.3 Å². The molecule has 2 aromatic rings. The Hall–Kier alpha value is -2.10. The number of rotatable bonds is 3. The molecule has 0 heterocycles. The molecule has 0 saturated carbocycles. The number of para-hydroxylation sites is 1. The normalized spacial score (nSPS) is 10.8. The minimum absolute atomic E-state index is 0.175. The Balaban J connectivity index is 2.59. The van der Waals surface area contributed by atoms with E-state index < -0.39 is 6.61 Å². The number of hydrogen-bond acceptors (Lipinski definition) is 2. The summed E-state index contributed by atoms with van der Waals surface area (Å²) in [5, 5.41) is 0. The number of ether oxygens (including phenoxy) is 1. The SMILES string of the molecule is Cc1cc(N)cc(C)c1-c1ccccc1OC(F)F. The number of halogens is 2. The van der Waals surface area contributed by atoms with E-state index in [1.165, 1.54) is 6.07 Å². The topological polar surface area (TPSA) is 35.2 Å². The van der Waals surface area contributed by atoms with E-state index >= 15 is 0 Å².